The van der Waals surface area contributed by atoms with Crippen LogP contribution in [0.5, 0.6) is 0 Å². The first-order chi connectivity index (χ1) is 17.3. The lowest BCUT2D eigenvalue weighted by atomic mass is 9.81. The minimum Gasteiger partial charge on any atom is -0.342 e. The van der Waals surface area contributed by atoms with Crippen molar-refractivity contribution >= 4 is 11.6 Å². The molecule has 0 radical (unpaired) electrons. The Bertz CT molecular complexity index is 1200. The summed E-state index contributed by atoms with van der Waals surface area (Å²) in [5, 5.41) is 12.0. The molecule has 3 aromatic heterocycles. The van der Waals surface area contributed by atoms with E-state index in [1.807, 2.05) is 20.0 Å². The molecular formula is C26H35F2N7O. The maximum absolute atomic E-state index is 13.9. The van der Waals surface area contributed by atoms with Crippen molar-refractivity contribution in [3.63, 3.8) is 0 Å². The molecule has 2 aliphatic rings. The summed E-state index contributed by atoms with van der Waals surface area (Å²) >= 11 is 0. The fourth-order valence-electron chi connectivity index (χ4n) is 5.56. The largest absolute Gasteiger partial charge is 0.342 e. The van der Waals surface area contributed by atoms with E-state index in [9.17, 15) is 13.6 Å². The van der Waals surface area contributed by atoms with E-state index in [1.165, 1.54) is 19.3 Å². The maximum Gasteiger partial charge on any atom is 0.270 e. The van der Waals surface area contributed by atoms with Crippen molar-refractivity contribution < 1.29 is 13.6 Å². The summed E-state index contributed by atoms with van der Waals surface area (Å²) in [4.78, 5) is 20.5. The van der Waals surface area contributed by atoms with Crippen LogP contribution in [0.25, 0.3) is 5.65 Å². The van der Waals surface area contributed by atoms with Crippen LogP contribution >= 0.6 is 0 Å². The van der Waals surface area contributed by atoms with Gasteiger partial charge in [-0.2, -0.15) is 10.2 Å². The number of hydrogen-bond acceptors (Lipinski definition) is 5. The number of piperidine rings is 1. The van der Waals surface area contributed by atoms with Gasteiger partial charge in [0, 0.05) is 32.1 Å². The molecule has 1 aliphatic heterocycles. The zero-order valence-electron chi connectivity index (χ0n) is 21.1. The quantitative estimate of drug-likeness (QED) is 0.516. The fourth-order valence-corrected chi connectivity index (χ4v) is 5.56. The highest BCUT2D eigenvalue weighted by Crippen LogP contribution is 2.41. The highest BCUT2D eigenvalue weighted by Gasteiger charge is 2.39. The summed E-state index contributed by atoms with van der Waals surface area (Å²) in [5.74, 6) is -3.05. The number of aromatic nitrogens is 5. The molecular weight excluding hydrogens is 464 g/mol. The van der Waals surface area contributed by atoms with Crippen LogP contribution in [0.15, 0.2) is 24.5 Å². The second kappa shape index (κ2) is 10.2. The molecule has 1 saturated heterocycles. The van der Waals surface area contributed by atoms with Gasteiger partial charge >= 0.3 is 0 Å². The molecule has 1 aliphatic carbocycles. The minimum atomic E-state index is -2.65. The Morgan fingerprint density at radius 1 is 1.22 bits per heavy atom. The van der Waals surface area contributed by atoms with E-state index in [0.717, 1.165) is 30.9 Å². The lowest BCUT2D eigenvalue weighted by Crippen LogP contribution is -2.38. The Morgan fingerprint density at radius 2 is 1.97 bits per heavy atom. The van der Waals surface area contributed by atoms with E-state index < -0.39 is 12.0 Å². The van der Waals surface area contributed by atoms with Gasteiger partial charge in [-0.15, -0.1) is 0 Å². The number of hydrogen-bond donors (Lipinski definition) is 1. The van der Waals surface area contributed by atoms with Crippen molar-refractivity contribution in [2.45, 2.75) is 83.8 Å². The number of likely N-dealkylation sites (tertiary alicyclic amines) is 1. The number of halogens is 2. The number of imidazole rings is 1. The number of aryl methyl sites for hydroxylation is 2. The Kier molecular flexibility index (Phi) is 7.05. The van der Waals surface area contributed by atoms with Gasteiger partial charge in [-0.1, -0.05) is 6.42 Å². The molecule has 10 heteroatoms. The normalized spacial score (nSPS) is 20.0. The summed E-state index contributed by atoms with van der Waals surface area (Å²) in [6.07, 6.45) is 7.45. The smallest absolute Gasteiger partial charge is 0.270 e. The van der Waals surface area contributed by atoms with Gasteiger partial charge in [-0.05, 0) is 76.2 Å². The van der Waals surface area contributed by atoms with Crippen LogP contribution in [0, 0.1) is 12.8 Å². The first kappa shape index (κ1) is 24.8. The average molecular weight is 500 g/mol. The van der Waals surface area contributed by atoms with Crippen LogP contribution < -0.4 is 5.32 Å². The molecule has 36 heavy (non-hydrogen) atoms. The molecule has 0 bridgehead atoms. The number of fused-ring (bicyclic) bond motifs is 1. The van der Waals surface area contributed by atoms with Crippen LogP contribution in [-0.4, -0.2) is 54.2 Å². The molecule has 3 aromatic rings. The zero-order valence-corrected chi connectivity index (χ0v) is 21.1. The van der Waals surface area contributed by atoms with E-state index in [1.54, 1.807) is 21.5 Å². The summed E-state index contributed by atoms with van der Waals surface area (Å²) in [6, 6.07) is 3.26. The summed E-state index contributed by atoms with van der Waals surface area (Å²) in [6.45, 7) is 7.52. The average Bonchev–Trinajstić information content (AvgIpc) is 3.50. The molecule has 5 rings (SSSR count). The van der Waals surface area contributed by atoms with Gasteiger partial charge in [0.15, 0.2) is 5.65 Å². The van der Waals surface area contributed by atoms with Gasteiger partial charge in [-0.25, -0.2) is 18.3 Å². The number of nitrogens with one attached hydrogen (secondary N) is 1. The first-order valence-corrected chi connectivity index (χ1v) is 13.1. The molecule has 1 amide bonds. The van der Waals surface area contributed by atoms with Crippen molar-refractivity contribution in [3.05, 3.63) is 47.2 Å². The Morgan fingerprint density at radius 3 is 2.69 bits per heavy atom. The van der Waals surface area contributed by atoms with Crippen molar-refractivity contribution in [3.8, 4) is 0 Å². The molecule has 0 aromatic carbocycles. The summed E-state index contributed by atoms with van der Waals surface area (Å²) in [5.41, 5.74) is 3.91. The summed E-state index contributed by atoms with van der Waals surface area (Å²) in [7, 11) is 0. The van der Waals surface area contributed by atoms with Crippen molar-refractivity contribution in [1.82, 2.24) is 34.6 Å². The van der Waals surface area contributed by atoms with E-state index >= 15 is 0 Å². The Hall–Kier alpha value is -2.88. The standard InChI is InChI=1S/C26H35F2N7O/c1-3-34-22(9-12-29-34)25(36)31-24(19-7-10-26(27,28)11-8-19)21-17-35-23(30-21)15-20(18(2)32-35)16-33-13-5-4-6-14-33/h9,12,15,17,19,24H,3-8,10-11,13-14,16H2,1-2H3,(H,31,36). The molecule has 1 atom stereocenters. The Balaban J connectivity index is 1.44. The van der Waals surface area contributed by atoms with E-state index in [0.29, 0.717) is 36.4 Å². The summed E-state index contributed by atoms with van der Waals surface area (Å²) < 4.78 is 31.3. The minimum absolute atomic E-state index is 0.134. The molecule has 2 fully saturated rings. The number of carbonyl (C=O) groups excluding carboxylic acids is 1. The molecule has 8 nitrogen and oxygen atoms in total. The fraction of sp³-hybridized carbons (Fsp3) is 0.615. The lowest BCUT2D eigenvalue weighted by Gasteiger charge is -2.33. The van der Waals surface area contributed by atoms with E-state index in [4.69, 9.17) is 10.1 Å². The van der Waals surface area contributed by atoms with E-state index in [-0.39, 0.29) is 24.7 Å². The molecule has 194 valence electrons. The number of rotatable bonds is 7. The van der Waals surface area contributed by atoms with Crippen molar-refractivity contribution in [1.29, 1.82) is 0 Å². The van der Waals surface area contributed by atoms with Crippen LogP contribution in [0.1, 0.15) is 85.4 Å². The monoisotopic (exact) mass is 499 g/mol. The van der Waals surface area contributed by atoms with Gasteiger partial charge in [0.1, 0.15) is 5.69 Å². The van der Waals surface area contributed by atoms with Crippen LogP contribution in [-0.2, 0) is 13.1 Å². The van der Waals surface area contributed by atoms with Crippen molar-refractivity contribution in [2.75, 3.05) is 13.1 Å². The topological polar surface area (TPSA) is 80.3 Å². The third-order valence-electron chi connectivity index (χ3n) is 7.69. The third-order valence-corrected chi connectivity index (χ3v) is 7.69. The van der Waals surface area contributed by atoms with Crippen LogP contribution in [0.2, 0.25) is 0 Å². The number of amides is 1. The molecule has 1 unspecified atom stereocenters. The lowest BCUT2D eigenvalue weighted by molar-refractivity contribution is -0.0495. The highest BCUT2D eigenvalue weighted by molar-refractivity contribution is 5.92. The second-order valence-corrected chi connectivity index (χ2v) is 10.2. The maximum atomic E-state index is 13.9. The third kappa shape index (κ3) is 5.28. The van der Waals surface area contributed by atoms with Gasteiger partial charge < -0.3 is 5.32 Å². The van der Waals surface area contributed by atoms with Gasteiger partial charge in [0.25, 0.3) is 5.91 Å². The van der Waals surface area contributed by atoms with Gasteiger partial charge in [0.2, 0.25) is 5.92 Å². The molecule has 1 saturated carbocycles. The first-order valence-electron chi connectivity index (χ1n) is 13.1. The number of carbonyl (C=O) groups is 1. The Labute approximate surface area is 210 Å². The van der Waals surface area contributed by atoms with E-state index in [2.05, 4.69) is 21.4 Å². The highest BCUT2D eigenvalue weighted by atomic mass is 19.3. The molecule has 1 N–H and O–H groups in total. The zero-order chi connectivity index (χ0) is 25.3. The molecule has 0 spiro atoms. The number of nitrogens with zero attached hydrogens (tertiary/aromatic N) is 6. The van der Waals surface area contributed by atoms with Crippen LogP contribution in [0.3, 0.4) is 0 Å². The van der Waals surface area contributed by atoms with Crippen molar-refractivity contribution in [2.24, 2.45) is 5.92 Å². The molecule has 4 heterocycles. The number of alkyl halides is 2. The predicted molar refractivity (Wildman–Crippen MR) is 132 cm³/mol. The van der Waals surface area contributed by atoms with Gasteiger partial charge in [0.05, 0.1) is 23.6 Å². The SMILES string of the molecule is CCn1nccc1C(=O)NC(c1cn2nc(C)c(CN3CCCCC3)cc2n1)C1CCC(F)(F)CC1. The second-order valence-electron chi connectivity index (χ2n) is 10.2. The predicted octanol–water partition coefficient (Wildman–Crippen LogP) is 4.54. The van der Waals surface area contributed by atoms with Gasteiger partial charge in [-0.3, -0.25) is 14.4 Å². The van der Waals surface area contributed by atoms with Crippen LogP contribution in [0.4, 0.5) is 8.78 Å².